The van der Waals surface area contributed by atoms with Crippen LogP contribution < -0.4 is 0 Å². The zero-order valence-electron chi connectivity index (χ0n) is 29.9. The number of imidazole rings is 1. The fraction of sp³-hybridized carbons (Fsp3) is 0.450. The van der Waals surface area contributed by atoms with Crippen LogP contribution in [0.25, 0.3) is 43.4 Å². The van der Waals surface area contributed by atoms with E-state index in [0.717, 1.165) is 94.6 Å². The molecule has 2 amide bonds. The van der Waals surface area contributed by atoms with Crippen molar-refractivity contribution in [2.24, 2.45) is 0 Å². The van der Waals surface area contributed by atoms with Gasteiger partial charge in [0.2, 0.25) is 0 Å². The number of nitrogens with one attached hydrogen (secondary N) is 1. The first-order valence-electron chi connectivity index (χ1n) is 17.8. The molecule has 10 heteroatoms. The number of rotatable bonds is 6. The molecule has 2 fully saturated rings. The van der Waals surface area contributed by atoms with Gasteiger partial charge >= 0.3 is 12.2 Å². The number of aromatic amines is 1. The first-order chi connectivity index (χ1) is 23.8. The third-order valence-corrected chi connectivity index (χ3v) is 10.5. The second-order valence-corrected chi connectivity index (χ2v) is 16.7. The predicted molar refractivity (Wildman–Crippen MR) is 199 cm³/mol. The standard InChI is InChI=1S/C40H47N5O4S/c1-39(2,3)48-37(46)44-19-7-9-30(44)16-18-35-42-31-17-15-28(23-34(31)50-35)26-11-12-27-22-29(14-13-25(27)21-26)32-24-41-36(43-32)33-10-8-20-45(33)38(47)49-40(4,5)6/h11-15,17,21-24,30,33H,7-10,16,18-20H2,1-6H3,(H,41,43)/t30-,33-/m0/s1. The first-order valence-corrected chi connectivity index (χ1v) is 18.6. The van der Waals surface area contributed by atoms with Crippen molar-refractivity contribution in [1.82, 2.24) is 24.8 Å². The van der Waals surface area contributed by atoms with Gasteiger partial charge in [0.05, 0.1) is 33.2 Å². The van der Waals surface area contributed by atoms with E-state index in [1.54, 1.807) is 16.2 Å². The summed E-state index contributed by atoms with van der Waals surface area (Å²) in [5, 5.41) is 3.41. The van der Waals surface area contributed by atoms with Crippen molar-refractivity contribution in [2.75, 3.05) is 13.1 Å². The Hall–Kier alpha value is -4.44. The topological polar surface area (TPSA) is 101 Å². The van der Waals surface area contributed by atoms with Gasteiger partial charge in [0.15, 0.2) is 0 Å². The summed E-state index contributed by atoms with van der Waals surface area (Å²) in [6.45, 7) is 12.8. The number of nitrogens with zero attached hydrogens (tertiary/aromatic N) is 4. The van der Waals surface area contributed by atoms with Crippen LogP contribution in [0.1, 0.15) is 90.5 Å². The molecule has 2 aliphatic heterocycles. The van der Waals surface area contributed by atoms with Gasteiger partial charge in [-0.1, -0.05) is 30.3 Å². The van der Waals surface area contributed by atoms with Crippen LogP contribution in [0.4, 0.5) is 9.59 Å². The van der Waals surface area contributed by atoms with E-state index in [1.165, 1.54) is 4.70 Å². The molecule has 0 bridgehead atoms. The lowest BCUT2D eigenvalue weighted by Crippen LogP contribution is -2.40. The third-order valence-electron chi connectivity index (χ3n) is 9.41. The van der Waals surface area contributed by atoms with E-state index in [0.29, 0.717) is 6.54 Å². The highest BCUT2D eigenvalue weighted by molar-refractivity contribution is 7.18. The quantitative estimate of drug-likeness (QED) is 0.190. The van der Waals surface area contributed by atoms with Gasteiger partial charge in [-0.15, -0.1) is 11.3 Å². The Balaban J connectivity index is 1.03. The zero-order chi connectivity index (χ0) is 35.2. The highest BCUT2D eigenvalue weighted by Gasteiger charge is 2.35. The number of ether oxygens (including phenoxy) is 2. The van der Waals surface area contributed by atoms with Crippen molar-refractivity contribution >= 4 is 44.5 Å². The molecule has 0 saturated carbocycles. The molecular formula is C40H47N5O4S. The Bertz CT molecular complexity index is 2040. The van der Waals surface area contributed by atoms with Crippen molar-refractivity contribution in [3.05, 3.63) is 71.6 Å². The fourth-order valence-electron chi connectivity index (χ4n) is 7.08. The van der Waals surface area contributed by atoms with E-state index < -0.39 is 11.2 Å². The maximum atomic E-state index is 12.8. The molecule has 0 unspecified atom stereocenters. The zero-order valence-corrected chi connectivity index (χ0v) is 30.7. The summed E-state index contributed by atoms with van der Waals surface area (Å²) in [6.07, 6.45) is 6.91. The Kier molecular flexibility index (Phi) is 9.09. The summed E-state index contributed by atoms with van der Waals surface area (Å²) < 4.78 is 12.5. The highest BCUT2D eigenvalue weighted by Crippen LogP contribution is 2.35. The van der Waals surface area contributed by atoms with E-state index in [9.17, 15) is 9.59 Å². The van der Waals surface area contributed by atoms with Crippen LogP contribution in [-0.4, -0.2) is 67.3 Å². The van der Waals surface area contributed by atoms with Gasteiger partial charge in [0.25, 0.3) is 0 Å². The average molecular weight is 694 g/mol. The minimum absolute atomic E-state index is 0.115. The van der Waals surface area contributed by atoms with E-state index in [2.05, 4.69) is 64.6 Å². The smallest absolute Gasteiger partial charge is 0.410 e. The van der Waals surface area contributed by atoms with Crippen LogP contribution in [0.15, 0.2) is 60.8 Å². The number of aromatic nitrogens is 3. The number of likely N-dealkylation sites (tertiary alicyclic amines) is 2. The molecule has 2 aromatic heterocycles. The first kappa shape index (κ1) is 34.0. The Morgan fingerprint density at radius 2 is 1.44 bits per heavy atom. The number of aryl methyl sites for hydroxylation is 1. The third kappa shape index (κ3) is 7.50. The van der Waals surface area contributed by atoms with Crippen LogP contribution >= 0.6 is 11.3 Å². The lowest BCUT2D eigenvalue weighted by Gasteiger charge is -2.28. The van der Waals surface area contributed by atoms with E-state index in [1.807, 2.05) is 52.6 Å². The molecule has 9 nitrogen and oxygen atoms in total. The summed E-state index contributed by atoms with van der Waals surface area (Å²) in [5.74, 6) is 0.793. The Morgan fingerprint density at radius 3 is 2.18 bits per heavy atom. The largest absolute Gasteiger partial charge is 0.444 e. The Labute approximate surface area is 298 Å². The minimum atomic E-state index is -0.536. The second kappa shape index (κ2) is 13.4. The monoisotopic (exact) mass is 693 g/mol. The summed E-state index contributed by atoms with van der Waals surface area (Å²) in [7, 11) is 0. The maximum Gasteiger partial charge on any atom is 0.410 e. The van der Waals surface area contributed by atoms with Gasteiger partial charge in [-0.3, -0.25) is 4.90 Å². The maximum absolute atomic E-state index is 12.8. The predicted octanol–water partition coefficient (Wildman–Crippen LogP) is 9.91. The number of hydrogen-bond donors (Lipinski definition) is 1. The van der Waals surface area contributed by atoms with Crippen LogP contribution in [0.5, 0.6) is 0 Å². The van der Waals surface area contributed by atoms with Gasteiger partial charge in [-0.2, -0.15) is 0 Å². The van der Waals surface area contributed by atoms with Crippen LogP contribution in [0.3, 0.4) is 0 Å². The average Bonchev–Trinajstić information content (AvgIpc) is 3.87. The van der Waals surface area contributed by atoms with Crippen molar-refractivity contribution < 1.29 is 19.1 Å². The Morgan fingerprint density at radius 1 is 0.820 bits per heavy atom. The summed E-state index contributed by atoms with van der Waals surface area (Å²) >= 11 is 1.74. The molecule has 0 spiro atoms. The number of H-pyrrole nitrogens is 1. The molecule has 2 atom stereocenters. The molecule has 2 saturated heterocycles. The molecule has 2 aliphatic rings. The normalized spacial score (nSPS) is 18.4. The van der Waals surface area contributed by atoms with Gasteiger partial charge < -0.3 is 19.4 Å². The van der Waals surface area contributed by atoms with Crippen LogP contribution in [0.2, 0.25) is 0 Å². The number of hydrogen-bond acceptors (Lipinski definition) is 7. The molecule has 5 aromatic rings. The van der Waals surface area contributed by atoms with E-state index >= 15 is 0 Å². The molecule has 0 radical (unpaired) electrons. The SMILES string of the molecule is CC(C)(C)OC(=O)N1CCC[C@H]1CCc1nc2ccc(-c3ccc4cc(-c5cnc([C@@H]6CCCN6C(=O)OC(C)(C)C)[nH]5)ccc4c3)cc2s1. The lowest BCUT2D eigenvalue weighted by atomic mass is 9.99. The number of carbonyl (C=O) groups is 2. The van der Waals surface area contributed by atoms with Crippen LogP contribution in [-0.2, 0) is 15.9 Å². The molecule has 7 rings (SSSR count). The minimum Gasteiger partial charge on any atom is -0.444 e. The number of amides is 2. The number of thiazole rings is 1. The van der Waals surface area contributed by atoms with Gasteiger partial charge in [0, 0.05) is 31.1 Å². The van der Waals surface area contributed by atoms with Crippen molar-refractivity contribution in [3.63, 3.8) is 0 Å². The van der Waals surface area contributed by atoms with E-state index in [-0.39, 0.29) is 24.3 Å². The molecule has 50 heavy (non-hydrogen) atoms. The molecule has 4 heterocycles. The van der Waals surface area contributed by atoms with Crippen molar-refractivity contribution in [1.29, 1.82) is 0 Å². The molecule has 3 aromatic carbocycles. The van der Waals surface area contributed by atoms with Gasteiger partial charge in [0.1, 0.15) is 17.0 Å². The lowest BCUT2D eigenvalue weighted by molar-refractivity contribution is 0.0209. The summed E-state index contributed by atoms with van der Waals surface area (Å²) in [6, 6.07) is 19.6. The fourth-order valence-corrected chi connectivity index (χ4v) is 8.10. The van der Waals surface area contributed by atoms with Crippen LogP contribution in [0, 0.1) is 0 Å². The molecule has 262 valence electrons. The van der Waals surface area contributed by atoms with E-state index in [4.69, 9.17) is 14.5 Å². The molecule has 0 aliphatic carbocycles. The van der Waals surface area contributed by atoms with Crippen molar-refractivity contribution in [3.8, 4) is 22.4 Å². The number of fused-ring (bicyclic) bond motifs is 2. The molecule has 1 N–H and O–H groups in total. The number of benzene rings is 3. The molecular weight excluding hydrogens is 647 g/mol. The number of carbonyl (C=O) groups excluding carboxylic acids is 2. The van der Waals surface area contributed by atoms with Gasteiger partial charge in [-0.05, 0) is 120 Å². The highest BCUT2D eigenvalue weighted by atomic mass is 32.1. The van der Waals surface area contributed by atoms with Gasteiger partial charge in [-0.25, -0.2) is 19.6 Å². The van der Waals surface area contributed by atoms with Crippen molar-refractivity contribution in [2.45, 2.75) is 103 Å². The summed E-state index contributed by atoms with van der Waals surface area (Å²) in [4.78, 5) is 42.4. The second-order valence-electron chi connectivity index (χ2n) is 15.6. The summed E-state index contributed by atoms with van der Waals surface area (Å²) in [5.41, 5.74) is 4.29.